The molecule has 0 saturated heterocycles. The Balaban J connectivity index is 0.000000381. The molecule has 0 aliphatic carbocycles. The van der Waals surface area contributed by atoms with E-state index in [0.29, 0.717) is 0 Å². The third kappa shape index (κ3) is 8.07. The van der Waals surface area contributed by atoms with Gasteiger partial charge in [-0.25, -0.2) is 0 Å². The van der Waals surface area contributed by atoms with Crippen molar-refractivity contribution in [3.8, 4) is 12.3 Å². The minimum atomic E-state index is 1.04. The van der Waals surface area contributed by atoms with Gasteiger partial charge in [0.2, 0.25) is 0 Å². The summed E-state index contributed by atoms with van der Waals surface area (Å²) in [6.45, 7) is 14.1. The Bertz CT molecular complexity index is 626. The van der Waals surface area contributed by atoms with Gasteiger partial charge >= 0.3 is 0 Å². The number of terminal acetylenes is 1. The highest BCUT2D eigenvalue weighted by Gasteiger charge is 1.95. The fraction of sp³-hybridized carbons (Fsp3) is 0.304. The summed E-state index contributed by atoms with van der Waals surface area (Å²) in [5, 5.41) is 0. The van der Waals surface area contributed by atoms with Gasteiger partial charge in [0.05, 0.1) is 0 Å². The van der Waals surface area contributed by atoms with Crippen molar-refractivity contribution in [2.24, 2.45) is 0 Å². The molecule has 0 aliphatic rings. The van der Waals surface area contributed by atoms with E-state index in [-0.39, 0.29) is 0 Å². The van der Waals surface area contributed by atoms with Gasteiger partial charge in [-0.15, -0.1) is 6.42 Å². The summed E-state index contributed by atoms with van der Waals surface area (Å²) in [6, 6.07) is 16.5. The molecule has 0 unspecified atom stereocenters. The van der Waals surface area contributed by atoms with Crippen LogP contribution in [0.15, 0.2) is 55.1 Å². The van der Waals surface area contributed by atoms with Gasteiger partial charge in [0, 0.05) is 5.56 Å². The third-order valence-corrected chi connectivity index (χ3v) is 3.20. The Morgan fingerprint density at radius 3 is 2.22 bits per heavy atom. The van der Waals surface area contributed by atoms with Gasteiger partial charge in [-0.2, -0.15) is 0 Å². The van der Waals surface area contributed by atoms with Crippen LogP contribution in [0.25, 0.3) is 5.57 Å². The van der Waals surface area contributed by atoms with Crippen molar-refractivity contribution in [3.63, 3.8) is 0 Å². The van der Waals surface area contributed by atoms with Crippen molar-refractivity contribution >= 4 is 5.57 Å². The number of benzene rings is 2. The normalized spacial score (nSPS) is 8.70. The second-order valence-corrected chi connectivity index (χ2v) is 5.20. The maximum atomic E-state index is 5.33. The number of allylic oxidation sites excluding steroid dienone is 1. The summed E-state index contributed by atoms with van der Waals surface area (Å²) in [5.74, 6) is 2.68. The van der Waals surface area contributed by atoms with Crippen LogP contribution < -0.4 is 0 Å². The minimum absolute atomic E-state index is 1.04. The predicted octanol–water partition coefficient (Wildman–Crippen LogP) is 6.67. The van der Waals surface area contributed by atoms with Crippen molar-refractivity contribution in [1.29, 1.82) is 0 Å². The number of hydrogen-bond donors (Lipinski definition) is 0. The van der Waals surface area contributed by atoms with Crippen LogP contribution in [0.5, 0.6) is 0 Å². The molecule has 0 aromatic heterocycles. The van der Waals surface area contributed by atoms with Gasteiger partial charge in [-0.1, -0.05) is 93.3 Å². The number of rotatable bonds is 3. The Morgan fingerprint density at radius 1 is 1.09 bits per heavy atom. The lowest BCUT2D eigenvalue weighted by atomic mass is 10.0. The Labute approximate surface area is 143 Å². The molecule has 0 spiro atoms. The van der Waals surface area contributed by atoms with E-state index >= 15 is 0 Å². The topological polar surface area (TPSA) is 0 Å². The van der Waals surface area contributed by atoms with Crippen molar-refractivity contribution < 1.29 is 0 Å². The summed E-state index contributed by atoms with van der Waals surface area (Å²) in [6.07, 6.45) is 7.57. The summed E-state index contributed by atoms with van der Waals surface area (Å²) < 4.78 is 0. The molecular formula is C23H30. The van der Waals surface area contributed by atoms with Crippen LogP contribution in [0.1, 0.15) is 56.4 Å². The molecule has 0 N–H and O–H groups in total. The van der Waals surface area contributed by atoms with Crippen molar-refractivity contribution in [2.75, 3.05) is 0 Å². The van der Waals surface area contributed by atoms with Crippen LogP contribution in [-0.4, -0.2) is 0 Å². The van der Waals surface area contributed by atoms with Crippen LogP contribution >= 0.6 is 0 Å². The van der Waals surface area contributed by atoms with Crippen molar-refractivity contribution in [1.82, 2.24) is 0 Å². The number of aryl methyl sites for hydroxylation is 2. The fourth-order valence-corrected chi connectivity index (χ4v) is 2.06. The molecular weight excluding hydrogens is 276 g/mol. The first-order valence-electron chi connectivity index (χ1n) is 8.35. The van der Waals surface area contributed by atoms with Gasteiger partial charge < -0.3 is 0 Å². The van der Waals surface area contributed by atoms with E-state index in [9.17, 15) is 0 Å². The highest BCUT2D eigenvalue weighted by Crippen LogP contribution is 2.12. The molecule has 0 aliphatic heterocycles. The molecule has 2 aromatic carbocycles. The van der Waals surface area contributed by atoms with Gasteiger partial charge in [-0.05, 0) is 37.5 Å². The minimum Gasteiger partial charge on any atom is -0.115 e. The molecule has 0 heteroatoms. The van der Waals surface area contributed by atoms with Gasteiger partial charge in [0.15, 0.2) is 0 Å². The molecule has 2 rings (SSSR count). The lowest BCUT2D eigenvalue weighted by Crippen LogP contribution is -1.87. The molecule has 0 bridgehead atoms. The second-order valence-electron chi connectivity index (χ2n) is 5.20. The highest BCUT2D eigenvalue weighted by molar-refractivity contribution is 5.61. The molecule has 0 amide bonds. The van der Waals surface area contributed by atoms with E-state index in [1.807, 2.05) is 39.0 Å². The maximum absolute atomic E-state index is 5.33. The van der Waals surface area contributed by atoms with Gasteiger partial charge in [-0.3, -0.25) is 0 Å². The molecule has 0 nitrogen and oxygen atoms in total. The zero-order valence-corrected chi connectivity index (χ0v) is 15.3. The van der Waals surface area contributed by atoms with E-state index < -0.39 is 0 Å². The lowest BCUT2D eigenvalue weighted by molar-refractivity contribution is 0.919. The Morgan fingerprint density at radius 2 is 1.74 bits per heavy atom. The largest absolute Gasteiger partial charge is 0.115 e. The molecule has 2 aromatic rings. The molecule has 0 radical (unpaired) electrons. The first-order valence-corrected chi connectivity index (χ1v) is 8.35. The first-order chi connectivity index (χ1) is 11.1. The third-order valence-electron chi connectivity index (χ3n) is 3.20. The van der Waals surface area contributed by atoms with E-state index in [1.165, 1.54) is 16.7 Å². The molecule has 122 valence electrons. The average Bonchev–Trinajstić information content (AvgIpc) is 2.58. The fourth-order valence-electron chi connectivity index (χ4n) is 2.06. The van der Waals surface area contributed by atoms with E-state index in [1.54, 1.807) is 0 Å². The molecule has 0 fully saturated rings. The van der Waals surface area contributed by atoms with Crippen LogP contribution in [-0.2, 0) is 6.42 Å². The summed E-state index contributed by atoms with van der Waals surface area (Å²) in [5.41, 5.74) is 5.98. The highest BCUT2D eigenvalue weighted by atomic mass is 14.0. The zero-order chi connectivity index (χ0) is 17.7. The smallest absolute Gasteiger partial charge is 0.0274 e. The van der Waals surface area contributed by atoms with Crippen LogP contribution in [0.4, 0.5) is 0 Å². The molecule has 0 saturated carbocycles. The standard InChI is InChI=1S/C11H12.C10H12.C2H6/c1-3-7-11-9-6-5-8-10(11)4-2;1-8(2)10-6-4-5-9(3)7-10;1-2/h2,5-6,8-9H,3,7H2,1H3;4-7H,1H2,2-3H3;1-2H3. The number of hydrogen-bond acceptors (Lipinski definition) is 0. The van der Waals surface area contributed by atoms with Crippen molar-refractivity contribution in [2.45, 2.75) is 47.5 Å². The lowest BCUT2D eigenvalue weighted by Gasteiger charge is -2.00. The first kappa shape index (κ1) is 20.7. The van der Waals surface area contributed by atoms with Crippen LogP contribution in [0.2, 0.25) is 0 Å². The Hall–Kier alpha value is -2.26. The SMILES string of the molecule is C#Cc1ccccc1CCC.C=C(C)c1cccc(C)c1.CC. The van der Waals surface area contributed by atoms with Crippen LogP contribution in [0.3, 0.4) is 0 Å². The summed E-state index contributed by atoms with van der Waals surface area (Å²) in [7, 11) is 0. The second kappa shape index (κ2) is 12.3. The molecule has 0 atom stereocenters. The monoisotopic (exact) mass is 306 g/mol. The van der Waals surface area contributed by atoms with Gasteiger partial charge in [0.25, 0.3) is 0 Å². The average molecular weight is 306 g/mol. The van der Waals surface area contributed by atoms with E-state index in [0.717, 1.165) is 24.0 Å². The molecule has 23 heavy (non-hydrogen) atoms. The van der Waals surface area contributed by atoms with Crippen LogP contribution in [0, 0.1) is 19.3 Å². The zero-order valence-electron chi connectivity index (χ0n) is 15.3. The predicted molar refractivity (Wildman–Crippen MR) is 106 cm³/mol. The summed E-state index contributed by atoms with van der Waals surface area (Å²) in [4.78, 5) is 0. The van der Waals surface area contributed by atoms with Gasteiger partial charge in [0.1, 0.15) is 0 Å². The van der Waals surface area contributed by atoms with E-state index in [4.69, 9.17) is 6.42 Å². The maximum Gasteiger partial charge on any atom is 0.0274 e. The van der Waals surface area contributed by atoms with Crippen molar-refractivity contribution in [3.05, 3.63) is 77.4 Å². The summed E-state index contributed by atoms with van der Waals surface area (Å²) >= 11 is 0. The van der Waals surface area contributed by atoms with E-state index in [2.05, 4.69) is 56.7 Å². The quantitative estimate of drug-likeness (QED) is 0.555. The Kier molecular flexibility index (Phi) is 11.1. The molecule has 0 heterocycles.